The van der Waals surface area contributed by atoms with Crippen molar-refractivity contribution in [1.82, 2.24) is 4.98 Å². The first-order chi connectivity index (χ1) is 10.9. The van der Waals surface area contributed by atoms with Crippen LogP contribution in [0.4, 0.5) is 0 Å². The molecule has 0 aliphatic heterocycles. The molecular formula is C17H19NO5. The fraction of sp³-hybridized carbons (Fsp3) is 0.353. The number of carbonyl (C=O) groups excluding carboxylic acids is 3. The molecule has 1 heterocycles. The summed E-state index contributed by atoms with van der Waals surface area (Å²) in [6.07, 6.45) is 1.75. The van der Waals surface area contributed by atoms with Gasteiger partial charge in [-0.15, -0.1) is 0 Å². The van der Waals surface area contributed by atoms with E-state index >= 15 is 0 Å². The first kappa shape index (κ1) is 16.7. The molecule has 2 aromatic rings. The number of benzene rings is 1. The van der Waals surface area contributed by atoms with Crippen LogP contribution in [0, 0.1) is 6.92 Å². The number of esters is 3. The molecule has 0 radical (unpaired) electrons. The van der Waals surface area contributed by atoms with Crippen LogP contribution in [0.1, 0.15) is 41.4 Å². The van der Waals surface area contributed by atoms with E-state index in [4.69, 9.17) is 0 Å². The molecule has 1 N–H and O–H groups in total. The fourth-order valence-corrected chi connectivity index (χ4v) is 2.47. The number of aromatic nitrogens is 1. The second kappa shape index (κ2) is 7.09. The van der Waals surface area contributed by atoms with Gasteiger partial charge in [-0.25, -0.2) is 4.79 Å². The first-order valence-electron chi connectivity index (χ1n) is 7.33. The third-order valence-corrected chi connectivity index (χ3v) is 3.67. The number of hydrogen-bond acceptors (Lipinski definition) is 5. The molecule has 1 aromatic heterocycles. The Morgan fingerprint density at radius 2 is 1.96 bits per heavy atom. The van der Waals surface area contributed by atoms with E-state index in [1.807, 2.05) is 13.0 Å². The molecule has 0 atom stereocenters. The quantitative estimate of drug-likeness (QED) is 0.677. The van der Waals surface area contributed by atoms with Crippen LogP contribution in [0.25, 0.3) is 10.9 Å². The maximum atomic E-state index is 11.8. The highest BCUT2D eigenvalue weighted by Crippen LogP contribution is 2.24. The average Bonchev–Trinajstić information content (AvgIpc) is 2.82. The number of aromatic amines is 1. The minimum atomic E-state index is -0.668. The van der Waals surface area contributed by atoms with Gasteiger partial charge in [0.1, 0.15) is 0 Å². The van der Waals surface area contributed by atoms with Gasteiger partial charge in [-0.05, 0) is 37.5 Å². The predicted molar refractivity (Wildman–Crippen MR) is 84.1 cm³/mol. The molecule has 0 fully saturated rings. The van der Waals surface area contributed by atoms with E-state index < -0.39 is 11.9 Å². The number of carbonyl (C=O) groups is 3. The number of nitrogens with one attached hydrogen (secondary N) is 1. The Bertz CT molecular complexity index is 760. The van der Waals surface area contributed by atoms with Gasteiger partial charge in [0.15, 0.2) is 0 Å². The molecule has 0 saturated carbocycles. The standard InChI is InChI=1S/C17H19NO5/c1-10-13-8-7-12(17(21)23-11(2)19)9-15(13)18-14(10)5-4-6-16(20)22-3/h7-9,18H,4-6H2,1-3H3. The highest BCUT2D eigenvalue weighted by atomic mass is 16.6. The monoisotopic (exact) mass is 317 g/mol. The number of rotatable bonds is 5. The maximum absolute atomic E-state index is 11.8. The number of aryl methyl sites for hydroxylation is 2. The van der Waals surface area contributed by atoms with Crippen LogP contribution < -0.4 is 0 Å². The Balaban J connectivity index is 2.19. The zero-order valence-electron chi connectivity index (χ0n) is 13.4. The lowest BCUT2D eigenvalue weighted by Crippen LogP contribution is -2.08. The van der Waals surface area contributed by atoms with Crippen LogP contribution >= 0.6 is 0 Å². The first-order valence-corrected chi connectivity index (χ1v) is 7.33. The van der Waals surface area contributed by atoms with Crippen molar-refractivity contribution >= 4 is 28.8 Å². The van der Waals surface area contributed by atoms with Crippen molar-refractivity contribution < 1.29 is 23.9 Å². The molecular weight excluding hydrogens is 298 g/mol. The van der Waals surface area contributed by atoms with Gasteiger partial charge in [-0.3, -0.25) is 9.59 Å². The van der Waals surface area contributed by atoms with E-state index in [9.17, 15) is 14.4 Å². The van der Waals surface area contributed by atoms with Crippen molar-refractivity contribution in [3.8, 4) is 0 Å². The van der Waals surface area contributed by atoms with Crippen molar-refractivity contribution in [1.29, 1.82) is 0 Å². The lowest BCUT2D eigenvalue weighted by molar-refractivity contribution is -0.140. The molecule has 2 rings (SSSR count). The van der Waals surface area contributed by atoms with Crippen LogP contribution in [0.5, 0.6) is 0 Å². The summed E-state index contributed by atoms with van der Waals surface area (Å²) in [6.45, 7) is 3.18. The van der Waals surface area contributed by atoms with Gasteiger partial charge in [-0.1, -0.05) is 6.07 Å². The molecule has 1 aromatic carbocycles. The van der Waals surface area contributed by atoms with E-state index in [2.05, 4.69) is 14.5 Å². The lowest BCUT2D eigenvalue weighted by atomic mass is 10.1. The van der Waals surface area contributed by atoms with Crippen molar-refractivity contribution in [2.75, 3.05) is 7.11 Å². The smallest absolute Gasteiger partial charge is 0.345 e. The zero-order valence-corrected chi connectivity index (χ0v) is 13.4. The molecule has 0 aliphatic rings. The van der Waals surface area contributed by atoms with Crippen molar-refractivity contribution in [2.24, 2.45) is 0 Å². The summed E-state index contributed by atoms with van der Waals surface area (Å²) < 4.78 is 9.21. The van der Waals surface area contributed by atoms with Crippen LogP contribution in [0.2, 0.25) is 0 Å². The molecule has 122 valence electrons. The Labute approximate surface area is 133 Å². The highest BCUT2D eigenvalue weighted by molar-refractivity contribution is 5.99. The summed E-state index contributed by atoms with van der Waals surface area (Å²) in [5, 5.41) is 0.998. The van der Waals surface area contributed by atoms with E-state index in [1.165, 1.54) is 14.0 Å². The maximum Gasteiger partial charge on any atom is 0.345 e. The molecule has 0 unspecified atom stereocenters. The van der Waals surface area contributed by atoms with E-state index in [0.717, 1.165) is 22.2 Å². The van der Waals surface area contributed by atoms with Crippen molar-refractivity contribution in [3.05, 3.63) is 35.0 Å². The minimum Gasteiger partial charge on any atom is -0.469 e. The Morgan fingerprint density at radius 3 is 2.61 bits per heavy atom. The molecule has 0 saturated heterocycles. The largest absolute Gasteiger partial charge is 0.469 e. The van der Waals surface area contributed by atoms with E-state index in [-0.39, 0.29) is 5.97 Å². The van der Waals surface area contributed by atoms with Crippen LogP contribution in [0.3, 0.4) is 0 Å². The summed E-state index contributed by atoms with van der Waals surface area (Å²) in [5.74, 6) is -1.53. The van der Waals surface area contributed by atoms with Gasteiger partial charge in [0, 0.05) is 29.9 Å². The summed E-state index contributed by atoms with van der Waals surface area (Å²) in [6, 6.07) is 5.12. The van der Waals surface area contributed by atoms with Crippen LogP contribution in [-0.2, 0) is 25.5 Å². The second-order valence-corrected chi connectivity index (χ2v) is 5.30. The summed E-state index contributed by atoms with van der Waals surface area (Å²) in [4.78, 5) is 37.0. The Hall–Kier alpha value is -2.63. The average molecular weight is 317 g/mol. The topological polar surface area (TPSA) is 85.5 Å². The van der Waals surface area contributed by atoms with Crippen molar-refractivity contribution in [3.63, 3.8) is 0 Å². The van der Waals surface area contributed by atoms with E-state index in [0.29, 0.717) is 24.8 Å². The molecule has 6 nitrogen and oxygen atoms in total. The SMILES string of the molecule is COC(=O)CCCc1[nH]c2cc(C(=O)OC(C)=O)ccc2c1C. The molecule has 0 aliphatic carbocycles. The number of ether oxygens (including phenoxy) is 2. The second-order valence-electron chi connectivity index (χ2n) is 5.30. The number of hydrogen-bond donors (Lipinski definition) is 1. The zero-order chi connectivity index (χ0) is 17.0. The van der Waals surface area contributed by atoms with Gasteiger partial charge in [-0.2, -0.15) is 0 Å². The molecule has 0 spiro atoms. The Kier molecular flexibility index (Phi) is 5.16. The predicted octanol–water partition coefficient (Wildman–Crippen LogP) is 2.68. The lowest BCUT2D eigenvalue weighted by Gasteiger charge is -2.00. The molecule has 0 amide bonds. The van der Waals surface area contributed by atoms with E-state index in [1.54, 1.807) is 12.1 Å². The summed E-state index contributed by atoms with van der Waals surface area (Å²) >= 11 is 0. The van der Waals surface area contributed by atoms with Crippen molar-refractivity contribution in [2.45, 2.75) is 33.1 Å². The Morgan fingerprint density at radius 1 is 1.22 bits per heavy atom. The number of H-pyrrole nitrogens is 1. The summed E-state index contributed by atoms with van der Waals surface area (Å²) in [7, 11) is 1.37. The van der Waals surface area contributed by atoms with Gasteiger partial charge in [0.2, 0.25) is 0 Å². The number of fused-ring (bicyclic) bond motifs is 1. The third-order valence-electron chi connectivity index (χ3n) is 3.67. The van der Waals surface area contributed by atoms with Gasteiger partial charge in [0.25, 0.3) is 0 Å². The van der Waals surface area contributed by atoms with Crippen LogP contribution in [0.15, 0.2) is 18.2 Å². The minimum absolute atomic E-state index is 0.229. The van der Waals surface area contributed by atoms with Gasteiger partial charge >= 0.3 is 17.9 Å². The molecule has 0 bridgehead atoms. The highest BCUT2D eigenvalue weighted by Gasteiger charge is 2.14. The van der Waals surface area contributed by atoms with Crippen LogP contribution in [-0.4, -0.2) is 30.0 Å². The fourth-order valence-electron chi connectivity index (χ4n) is 2.47. The summed E-state index contributed by atoms with van der Waals surface area (Å²) in [5.41, 5.74) is 3.21. The van der Waals surface area contributed by atoms with Gasteiger partial charge < -0.3 is 14.5 Å². The molecule has 23 heavy (non-hydrogen) atoms. The van der Waals surface area contributed by atoms with Gasteiger partial charge in [0.05, 0.1) is 12.7 Å². The third kappa shape index (κ3) is 3.97. The normalized spacial score (nSPS) is 10.6. The number of methoxy groups -OCH3 is 1. The molecule has 6 heteroatoms.